The number of aromatic amines is 1. The minimum Gasteiger partial charge on any atom is -0.331 e. The number of H-pyrrole nitrogens is 1. The second kappa shape index (κ2) is 4.42. The number of hydrogen-bond acceptors (Lipinski definition) is 3. The maximum absolute atomic E-state index is 11.3. The fourth-order valence-electron chi connectivity index (χ4n) is 0.809. The number of aromatic nitrogens is 2. The monoisotopic (exact) mass is 180 g/mol. The lowest BCUT2D eigenvalue weighted by Gasteiger charge is -2.00. The van der Waals surface area contributed by atoms with Crippen molar-refractivity contribution in [3.05, 3.63) is 24.0 Å². The number of nitrogens with two attached hydrogens (primary N) is 1. The Balaban J connectivity index is 2.56. The number of nitrogens with one attached hydrogen (secondary N) is 2. The Morgan fingerprint density at radius 2 is 2.62 bits per heavy atom. The van der Waals surface area contributed by atoms with E-state index in [2.05, 4.69) is 15.3 Å². The quantitative estimate of drug-likeness (QED) is 0.583. The molecule has 0 aromatic carbocycles. The Morgan fingerprint density at radius 3 is 3.15 bits per heavy atom. The molecule has 0 saturated carbocycles. The maximum atomic E-state index is 11.3. The van der Waals surface area contributed by atoms with E-state index >= 15 is 0 Å². The Kier molecular flexibility index (Phi) is 3.22. The Labute approximate surface area is 76.0 Å². The highest BCUT2D eigenvalue weighted by Crippen LogP contribution is 1.99. The maximum Gasteiger partial charge on any atom is 0.253 e. The Hall–Kier alpha value is -1.62. The van der Waals surface area contributed by atoms with Crippen molar-refractivity contribution in [3.8, 4) is 0 Å². The molecule has 1 rings (SSSR count). The standard InChI is InChI=1S/C8H12N4O/c1-6(2-3-9)7(13)12-8-10-4-5-11-8/h2,4-5H,3,9H2,1H3,(H2,10,11,12,13)/b6-2-. The van der Waals surface area contributed by atoms with Crippen LogP contribution in [-0.2, 0) is 4.79 Å². The van der Waals surface area contributed by atoms with E-state index in [1.165, 1.54) is 0 Å². The molecule has 5 nitrogen and oxygen atoms in total. The number of rotatable bonds is 3. The number of anilines is 1. The van der Waals surface area contributed by atoms with Crippen molar-refractivity contribution in [2.45, 2.75) is 6.92 Å². The largest absolute Gasteiger partial charge is 0.331 e. The fourth-order valence-corrected chi connectivity index (χ4v) is 0.809. The van der Waals surface area contributed by atoms with Crippen LogP contribution in [0.5, 0.6) is 0 Å². The highest BCUT2D eigenvalue weighted by molar-refractivity contribution is 6.02. The van der Waals surface area contributed by atoms with Gasteiger partial charge in [-0.1, -0.05) is 6.08 Å². The van der Waals surface area contributed by atoms with Crippen molar-refractivity contribution in [2.24, 2.45) is 5.73 Å². The van der Waals surface area contributed by atoms with Crippen molar-refractivity contribution >= 4 is 11.9 Å². The van der Waals surface area contributed by atoms with Gasteiger partial charge >= 0.3 is 0 Å². The number of carbonyl (C=O) groups excluding carboxylic acids is 1. The van der Waals surface area contributed by atoms with Crippen LogP contribution in [0.15, 0.2) is 24.0 Å². The van der Waals surface area contributed by atoms with E-state index in [9.17, 15) is 4.79 Å². The summed E-state index contributed by atoms with van der Waals surface area (Å²) in [6.07, 6.45) is 4.85. The lowest BCUT2D eigenvalue weighted by Crippen LogP contribution is -2.14. The van der Waals surface area contributed by atoms with E-state index in [1.54, 1.807) is 25.4 Å². The number of nitrogens with zero attached hydrogens (tertiary/aromatic N) is 1. The van der Waals surface area contributed by atoms with Gasteiger partial charge in [0.2, 0.25) is 5.95 Å². The molecule has 0 atom stereocenters. The van der Waals surface area contributed by atoms with Crippen molar-refractivity contribution < 1.29 is 4.79 Å². The average molecular weight is 180 g/mol. The molecule has 0 aliphatic heterocycles. The Bertz CT molecular complexity index is 302. The Morgan fingerprint density at radius 1 is 1.85 bits per heavy atom. The predicted molar refractivity (Wildman–Crippen MR) is 50.0 cm³/mol. The SMILES string of the molecule is C/C(=C/CN)C(=O)Nc1ncc[nH]1. The van der Waals surface area contributed by atoms with Crippen LogP contribution in [0.25, 0.3) is 0 Å². The molecule has 0 saturated heterocycles. The molecule has 0 aliphatic carbocycles. The first-order chi connectivity index (χ1) is 6.24. The van der Waals surface area contributed by atoms with E-state index in [4.69, 9.17) is 5.73 Å². The van der Waals surface area contributed by atoms with Crippen molar-refractivity contribution in [1.82, 2.24) is 9.97 Å². The molecule has 1 aromatic heterocycles. The van der Waals surface area contributed by atoms with Gasteiger partial charge in [0.1, 0.15) is 0 Å². The third-order valence-electron chi connectivity index (χ3n) is 1.51. The zero-order valence-corrected chi connectivity index (χ0v) is 7.37. The summed E-state index contributed by atoms with van der Waals surface area (Å²) in [6, 6.07) is 0. The minimum atomic E-state index is -0.194. The van der Waals surface area contributed by atoms with Crippen molar-refractivity contribution in [3.63, 3.8) is 0 Å². The highest BCUT2D eigenvalue weighted by atomic mass is 16.1. The van der Waals surface area contributed by atoms with Crippen LogP contribution in [0, 0.1) is 0 Å². The molecule has 0 unspecified atom stereocenters. The van der Waals surface area contributed by atoms with Gasteiger partial charge in [-0.25, -0.2) is 4.98 Å². The number of carbonyl (C=O) groups is 1. The molecule has 0 aliphatic rings. The van der Waals surface area contributed by atoms with Gasteiger partial charge in [-0.3, -0.25) is 10.1 Å². The molecule has 1 aromatic rings. The summed E-state index contributed by atoms with van der Waals surface area (Å²) in [6.45, 7) is 2.06. The summed E-state index contributed by atoms with van der Waals surface area (Å²) in [7, 11) is 0. The zero-order chi connectivity index (χ0) is 9.68. The molecule has 5 heteroatoms. The second-order valence-corrected chi connectivity index (χ2v) is 2.51. The summed E-state index contributed by atoms with van der Waals surface area (Å²) in [5.74, 6) is 0.246. The molecule has 1 heterocycles. The summed E-state index contributed by atoms with van der Waals surface area (Å²) in [5.41, 5.74) is 5.84. The molecular formula is C8H12N4O. The fraction of sp³-hybridized carbons (Fsp3) is 0.250. The number of imidazole rings is 1. The van der Waals surface area contributed by atoms with E-state index in [0.29, 0.717) is 18.1 Å². The van der Waals surface area contributed by atoms with Crippen LogP contribution in [0.1, 0.15) is 6.92 Å². The van der Waals surface area contributed by atoms with Gasteiger partial charge < -0.3 is 10.7 Å². The number of amides is 1. The van der Waals surface area contributed by atoms with Gasteiger partial charge in [0, 0.05) is 24.5 Å². The zero-order valence-electron chi connectivity index (χ0n) is 7.37. The van der Waals surface area contributed by atoms with Crippen LogP contribution in [0.4, 0.5) is 5.95 Å². The van der Waals surface area contributed by atoms with Crippen LogP contribution in [0.2, 0.25) is 0 Å². The molecule has 70 valence electrons. The van der Waals surface area contributed by atoms with Crippen LogP contribution < -0.4 is 11.1 Å². The normalized spacial score (nSPS) is 11.4. The lowest BCUT2D eigenvalue weighted by atomic mass is 10.2. The van der Waals surface area contributed by atoms with Crippen LogP contribution in [0.3, 0.4) is 0 Å². The van der Waals surface area contributed by atoms with Crippen LogP contribution in [-0.4, -0.2) is 22.4 Å². The highest BCUT2D eigenvalue weighted by Gasteiger charge is 2.04. The predicted octanol–water partition coefficient (Wildman–Crippen LogP) is 0.253. The van der Waals surface area contributed by atoms with Gasteiger partial charge in [0.05, 0.1) is 0 Å². The first-order valence-electron chi connectivity index (χ1n) is 3.91. The second-order valence-electron chi connectivity index (χ2n) is 2.51. The molecule has 13 heavy (non-hydrogen) atoms. The lowest BCUT2D eigenvalue weighted by molar-refractivity contribution is -0.112. The smallest absolute Gasteiger partial charge is 0.253 e. The van der Waals surface area contributed by atoms with Gasteiger partial charge in [-0.15, -0.1) is 0 Å². The summed E-state index contributed by atoms with van der Waals surface area (Å²) >= 11 is 0. The van der Waals surface area contributed by atoms with E-state index in [1.807, 2.05) is 0 Å². The molecule has 1 amide bonds. The van der Waals surface area contributed by atoms with Crippen molar-refractivity contribution in [1.29, 1.82) is 0 Å². The van der Waals surface area contributed by atoms with E-state index in [0.717, 1.165) is 0 Å². The van der Waals surface area contributed by atoms with E-state index in [-0.39, 0.29) is 5.91 Å². The first-order valence-corrected chi connectivity index (χ1v) is 3.91. The van der Waals surface area contributed by atoms with Crippen molar-refractivity contribution in [2.75, 3.05) is 11.9 Å². The minimum absolute atomic E-state index is 0.194. The van der Waals surface area contributed by atoms with E-state index < -0.39 is 0 Å². The molecule has 0 spiro atoms. The third kappa shape index (κ3) is 2.72. The van der Waals surface area contributed by atoms with Crippen LogP contribution >= 0.6 is 0 Å². The van der Waals surface area contributed by atoms with Gasteiger partial charge in [0.25, 0.3) is 5.91 Å². The third-order valence-corrected chi connectivity index (χ3v) is 1.51. The van der Waals surface area contributed by atoms with Gasteiger partial charge in [-0.2, -0.15) is 0 Å². The molecule has 0 fully saturated rings. The summed E-state index contributed by atoms with van der Waals surface area (Å²) in [5, 5.41) is 2.58. The first kappa shape index (κ1) is 9.47. The molecule has 0 radical (unpaired) electrons. The van der Waals surface area contributed by atoms with Gasteiger partial charge in [0.15, 0.2) is 0 Å². The molecule has 0 bridgehead atoms. The summed E-state index contributed by atoms with van der Waals surface area (Å²) < 4.78 is 0. The topological polar surface area (TPSA) is 83.8 Å². The number of hydrogen-bond donors (Lipinski definition) is 3. The summed E-state index contributed by atoms with van der Waals surface area (Å²) in [4.78, 5) is 17.9. The molecule has 4 N–H and O–H groups in total. The average Bonchev–Trinajstić information content (AvgIpc) is 2.57. The van der Waals surface area contributed by atoms with Gasteiger partial charge in [-0.05, 0) is 6.92 Å². The molecular weight excluding hydrogens is 168 g/mol.